The zero-order chi connectivity index (χ0) is 19.3. The first-order chi connectivity index (χ1) is 13.7. The third kappa shape index (κ3) is 4.27. The second kappa shape index (κ2) is 8.86. The van der Waals surface area contributed by atoms with Crippen LogP contribution < -0.4 is 10.1 Å². The summed E-state index contributed by atoms with van der Waals surface area (Å²) < 4.78 is 5.19. The first kappa shape index (κ1) is 19.1. The van der Waals surface area contributed by atoms with Gasteiger partial charge in [-0.3, -0.25) is 9.69 Å². The summed E-state index contributed by atoms with van der Waals surface area (Å²) >= 11 is 3.23. The zero-order valence-electron chi connectivity index (χ0n) is 15.8. The fourth-order valence-corrected chi connectivity index (χ4v) is 5.14. The van der Waals surface area contributed by atoms with Crippen LogP contribution in [0.2, 0.25) is 0 Å². The summed E-state index contributed by atoms with van der Waals surface area (Å²) in [5, 5.41) is 7.86. The molecule has 3 heterocycles. The number of methoxy groups -OCH3 is 1. The normalized spacial score (nSPS) is 15.5. The summed E-state index contributed by atoms with van der Waals surface area (Å²) in [6.45, 7) is 2.79. The first-order valence-corrected chi connectivity index (χ1v) is 11.2. The molecule has 7 heteroatoms. The average Bonchev–Trinajstić information content (AvgIpc) is 3.50. The van der Waals surface area contributed by atoms with E-state index in [1.807, 2.05) is 29.6 Å². The highest BCUT2D eigenvalue weighted by Crippen LogP contribution is 2.28. The average molecular weight is 414 g/mol. The van der Waals surface area contributed by atoms with Gasteiger partial charge in [0.05, 0.1) is 13.2 Å². The van der Waals surface area contributed by atoms with Gasteiger partial charge < -0.3 is 10.1 Å². The maximum atomic E-state index is 12.7. The number of thiophene rings is 1. The van der Waals surface area contributed by atoms with Gasteiger partial charge in [0.25, 0.3) is 5.91 Å². The highest BCUT2D eigenvalue weighted by atomic mass is 32.1. The third-order valence-electron chi connectivity index (χ3n) is 4.98. The van der Waals surface area contributed by atoms with E-state index in [1.54, 1.807) is 18.4 Å². The van der Waals surface area contributed by atoms with Crippen molar-refractivity contribution < 1.29 is 9.53 Å². The minimum atomic E-state index is -0.114. The topological polar surface area (TPSA) is 54.5 Å². The second-order valence-corrected chi connectivity index (χ2v) is 8.59. The smallest absolute Gasteiger partial charge is 0.270 e. The van der Waals surface area contributed by atoms with Crippen molar-refractivity contribution in [1.29, 1.82) is 0 Å². The molecule has 1 unspecified atom stereocenters. The van der Waals surface area contributed by atoms with Crippen molar-refractivity contribution in [2.45, 2.75) is 18.9 Å². The van der Waals surface area contributed by atoms with Crippen LogP contribution in [0.1, 0.15) is 34.2 Å². The second-order valence-electron chi connectivity index (χ2n) is 6.75. The standard InChI is InChI=1S/C21H23N3O2S2/c1-26-16-8-6-15(7-9-16)21-23-17(14-28-21)20(25)22-13-18(19-5-4-12-27-19)24-10-2-3-11-24/h4-9,12,14,18H,2-3,10-11,13H2,1H3,(H,22,25). The molecule has 1 fully saturated rings. The number of carbonyl (C=O) groups is 1. The van der Waals surface area contributed by atoms with Crippen molar-refractivity contribution in [3.05, 3.63) is 57.7 Å². The molecule has 1 aliphatic heterocycles. The van der Waals surface area contributed by atoms with E-state index in [-0.39, 0.29) is 11.9 Å². The molecule has 0 saturated carbocycles. The van der Waals surface area contributed by atoms with Crippen molar-refractivity contribution >= 4 is 28.6 Å². The Morgan fingerprint density at radius 1 is 1.21 bits per heavy atom. The van der Waals surface area contributed by atoms with Crippen LogP contribution >= 0.6 is 22.7 Å². The highest BCUT2D eigenvalue weighted by Gasteiger charge is 2.25. The predicted octanol–water partition coefficient (Wildman–Crippen LogP) is 4.45. The van der Waals surface area contributed by atoms with Crippen LogP contribution in [-0.4, -0.2) is 42.5 Å². The molecule has 2 aromatic heterocycles. The molecule has 4 rings (SSSR count). The van der Waals surface area contributed by atoms with Gasteiger partial charge in [0, 0.05) is 22.4 Å². The third-order valence-corrected chi connectivity index (χ3v) is 6.85. The maximum Gasteiger partial charge on any atom is 0.270 e. The molecule has 0 bridgehead atoms. The van der Waals surface area contributed by atoms with Crippen LogP contribution in [0.15, 0.2) is 47.2 Å². The number of ether oxygens (including phenoxy) is 1. The highest BCUT2D eigenvalue weighted by molar-refractivity contribution is 7.13. The van der Waals surface area contributed by atoms with E-state index in [0.717, 1.165) is 29.4 Å². The van der Waals surface area contributed by atoms with Crippen LogP contribution in [0.25, 0.3) is 10.6 Å². The summed E-state index contributed by atoms with van der Waals surface area (Å²) in [6, 6.07) is 12.2. The van der Waals surface area contributed by atoms with Crippen LogP contribution in [0.3, 0.4) is 0 Å². The number of thiazole rings is 1. The van der Waals surface area contributed by atoms with Gasteiger partial charge in [-0.1, -0.05) is 6.07 Å². The van der Waals surface area contributed by atoms with E-state index in [1.165, 1.54) is 29.1 Å². The Bertz CT molecular complexity index is 900. The molecule has 0 spiro atoms. The lowest BCUT2D eigenvalue weighted by molar-refractivity contribution is 0.0934. The van der Waals surface area contributed by atoms with E-state index in [2.05, 4.69) is 32.7 Å². The van der Waals surface area contributed by atoms with E-state index in [9.17, 15) is 4.79 Å². The quantitative estimate of drug-likeness (QED) is 0.622. The summed E-state index contributed by atoms with van der Waals surface area (Å²) in [5.74, 6) is 0.691. The lowest BCUT2D eigenvalue weighted by Gasteiger charge is -2.26. The maximum absolute atomic E-state index is 12.7. The van der Waals surface area contributed by atoms with Gasteiger partial charge in [-0.15, -0.1) is 22.7 Å². The Morgan fingerprint density at radius 3 is 2.68 bits per heavy atom. The molecule has 0 aliphatic carbocycles. The molecule has 0 radical (unpaired) electrons. The van der Waals surface area contributed by atoms with Gasteiger partial charge >= 0.3 is 0 Å². The number of benzene rings is 1. The Hall–Kier alpha value is -2.22. The van der Waals surface area contributed by atoms with Gasteiger partial charge in [0.2, 0.25) is 0 Å². The summed E-state index contributed by atoms with van der Waals surface area (Å²) in [6.07, 6.45) is 2.46. The molecule has 1 amide bonds. The van der Waals surface area contributed by atoms with E-state index >= 15 is 0 Å². The van der Waals surface area contributed by atoms with Gasteiger partial charge in [-0.25, -0.2) is 4.98 Å². The zero-order valence-corrected chi connectivity index (χ0v) is 17.4. The lowest BCUT2D eigenvalue weighted by Crippen LogP contribution is -2.36. The largest absolute Gasteiger partial charge is 0.497 e. The molecular formula is C21H23N3O2S2. The number of aromatic nitrogens is 1. The fourth-order valence-electron chi connectivity index (χ4n) is 3.47. The monoisotopic (exact) mass is 413 g/mol. The fraction of sp³-hybridized carbons (Fsp3) is 0.333. The SMILES string of the molecule is COc1ccc(-c2nc(C(=O)NCC(c3cccs3)N3CCCC3)cs2)cc1. The predicted molar refractivity (Wildman–Crippen MR) is 114 cm³/mol. The van der Waals surface area contributed by atoms with Crippen molar-refractivity contribution in [2.75, 3.05) is 26.7 Å². The van der Waals surface area contributed by atoms with Crippen LogP contribution in [0.4, 0.5) is 0 Å². The Kier molecular flexibility index (Phi) is 6.04. The molecule has 28 heavy (non-hydrogen) atoms. The minimum absolute atomic E-state index is 0.114. The lowest BCUT2D eigenvalue weighted by atomic mass is 10.2. The summed E-state index contributed by atoms with van der Waals surface area (Å²) in [5.41, 5.74) is 1.46. The molecule has 146 valence electrons. The number of amides is 1. The molecule has 1 aromatic carbocycles. The molecule has 5 nitrogen and oxygen atoms in total. The number of rotatable bonds is 7. The van der Waals surface area contributed by atoms with Crippen molar-refractivity contribution in [3.8, 4) is 16.3 Å². The Balaban J connectivity index is 1.42. The molecular weight excluding hydrogens is 390 g/mol. The first-order valence-electron chi connectivity index (χ1n) is 9.40. The van der Waals surface area contributed by atoms with E-state index in [4.69, 9.17) is 4.74 Å². The van der Waals surface area contributed by atoms with Gasteiger partial charge in [-0.05, 0) is 61.6 Å². The molecule has 1 aliphatic rings. The van der Waals surface area contributed by atoms with Crippen molar-refractivity contribution in [3.63, 3.8) is 0 Å². The van der Waals surface area contributed by atoms with E-state index < -0.39 is 0 Å². The van der Waals surface area contributed by atoms with E-state index in [0.29, 0.717) is 12.2 Å². The van der Waals surface area contributed by atoms with Gasteiger partial charge in [0.15, 0.2) is 0 Å². The number of nitrogens with one attached hydrogen (secondary N) is 1. The number of hydrogen-bond donors (Lipinski definition) is 1. The molecule has 1 N–H and O–H groups in total. The summed E-state index contributed by atoms with van der Waals surface area (Å²) in [4.78, 5) is 21.0. The van der Waals surface area contributed by atoms with Crippen LogP contribution in [0.5, 0.6) is 5.75 Å². The van der Waals surface area contributed by atoms with Crippen LogP contribution in [0, 0.1) is 0 Å². The molecule has 1 saturated heterocycles. The van der Waals surface area contributed by atoms with Gasteiger partial charge in [-0.2, -0.15) is 0 Å². The number of likely N-dealkylation sites (tertiary alicyclic amines) is 1. The molecule has 3 aromatic rings. The van der Waals surface area contributed by atoms with Crippen molar-refractivity contribution in [1.82, 2.24) is 15.2 Å². The number of carbonyl (C=O) groups excluding carboxylic acids is 1. The van der Waals surface area contributed by atoms with Gasteiger partial charge in [0.1, 0.15) is 16.5 Å². The number of hydrogen-bond acceptors (Lipinski definition) is 6. The Morgan fingerprint density at radius 2 is 2.00 bits per heavy atom. The van der Waals surface area contributed by atoms with Crippen molar-refractivity contribution in [2.24, 2.45) is 0 Å². The Labute approximate surface area is 173 Å². The minimum Gasteiger partial charge on any atom is -0.497 e. The number of nitrogens with zero attached hydrogens (tertiary/aromatic N) is 2. The molecule has 1 atom stereocenters. The van der Waals surface area contributed by atoms with Crippen LogP contribution in [-0.2, 0) is 0 Å². The summed E-state index contributed by atoms with van der Waals surface area (Å²) in [7, 11) is 1.65.